The summed E-state index contributed by atoms with van der Waals surface area (Å²) in [6, 6.07) is 4.76. The van der Waals surface area contributed by atoms with Crippen molar-refractivity contribution in [2.45, 2.75) is 67.3 Å². The highest BCUT2D eigenvalue weighted by Gasteiger charge is 2.57. The highest BCUT2D eigenvalue weighted by Crippen LogP contribution is 2.54. The minimum absolute atomic E-state index is 0.0469. The van der Waals surface area contributed by atoms with Crippen molar-refractivity contribution >= 4 is 38.9 Å². The van der Waals surface area contributed by atoms with Crippen LogP contribution in [0.1, 0.15) is 56.3 Å². The third-order valence-electron chi connectivity index (χ3n) is 9.22. The number of halogens is 4. The molecule has 2 saturated carbocycles. The van der Waals surface area contributed by atoms with Crippen LogP contribution >= 0.6 is 11.6 Å². The maximum Gasteiger partial charge on any atom is 0.255 e. The number of anilines is 1. The normalized spacial score (nSPS) is 26.2. The van der Waals surface area contributed by atoms with Gasteiger partial charge in [0, 0.05) is 42.4 Å². The average molecular weight is 629 g/mol. The van der Waals surface area contributed by atoms with Gasteiger partial charge in [0.2, 0.25) is 5.91 Å². The number of benzene rings is 2. The molecule has 1 aliphatic heterocycles. The smallest absolute Gasteiger partial charge is 0.255 e. The second-order valence-corrected chi connectivity index (χ2v) is 14.9. The summed E-state index contributed by atoms with van der Waals surface area (Å²) < 4.78 is 68.0. The highest BCUT2D eigenvalue weighted by atomic mass is 35.5. The number of likely N-dealkylation sites (tertiary alicyclic amines) is 1. The molecule has 2 amide bonds. The van der Waals surface area contributed by atoms with Gasteiger partial charge in [0.25, 0.3) is 5.91 Å². The fourth-order valence-electron chi connectivity index (χ4n) is 6.51. The number of rotatable bonds is 7. The van der Waals surface area contributed by atoms with Crippen LogP contribution in [0.15, 0.2) is 35.2 Å². The molecule has 3 fully saturated rings. The van der Waals surface area contributed by atoms with E-state index in [1.54, 1.807) is 18.7 Å². The maximum absolute atomic E-state index is 13.8. The van der Waals surface area contributed by atoms with Gasteiger partial charge in [-0.25, -0.2) is 21.6 Å². The largest absolute Gasteiger partial charge is 0.390 e. The molecule has 1 heterocycles. The molecule has 3 unspecified atom stereocenters. The molecule has 3 N–H and O–H groups in total. The van der Waals surface area contributed by atoms with Gasteiger partial charge in [-0.15, -0.1) is 0 Å². The van der Waals surface area contributed by atoms with Crippen LogP contribution in [0.3, 0.4) is 0 Å². The zero-order chi connectivity index (χ0) is 30.8. The lowest BCUT2D eigenvalue weighted by molar-refractivity contribution is -0.154. The van der Waals surface area contributed by atoms with Crippen LogP contribution in [-0.2, 0) is 14.6 Å². The number of sulfone groups is 1. The molecule has 13 heteroatoms. The third-order valence-corrected chi connectivity index (χ3v) is 11.9. The lowest BCUT2D eigenvalue weighted by Gasteiger charge is -2.48. The fourth-order valence-corrected chi connectivity index (χ4v) is 8.91. The summed E-state index contributed by atoms with van der Waals surface area (Å²) in [6.45, 7) is 4.19. The maximum atomic E-state index is 13.8. The lowest BCUT2D eigenvalue weighted by Crippen LogP contribution is -2.59. The molecule has 4 atom stereocenters. The van der Waals surface area contributed by atoms with Gasteiger partial charge < -0.3 is 20.4 Å². The summed E-state index contributed by atoms with van der Waals surface area (Å²) in [5, 5.41) is 23.0. The Morgan fingerprint density at radius 2 is 1.64 bits per heavy atom. The number of nitrogens with one attached hydrogen (secondary N) is 1. The molecule has 3 aliphatic rings. The van der Waals surface area contributed by atoms with Gasteiger partial charge in [-0.2, -0.15) is 0 Å². The van der Waals surface area contributed by atoms with Crippen molar-refractivity contribution in [1.82, 2.24) is 4.90 Å². The zero-order valence-corrected chi connectivity index (χ0v) is 24.6. The number of nitrogens with zero attached hydrogens (tertiary/aromatic N) is 1. The van der Waals surface area contributed by atoms with E-state index >= 15 is 0 Å². The summed E-state index contributed by atoms with van der Waals surface area (Å²) in [4.78, 5) is 27.1. The monoisotopic (exact) mass is 628 g/mol. The first-order valence-corrected chi connectivity index (χ1v) is 15.6. The van der Waals surface area contributed by atoms with Gasteiger partial charge in [0.05, 0.1) is 32.8 Å². The Morgan fingerprint density at radius 3 is 2.19 bits per heavy atom. The molecule has 8 nitrogen and oxygen atoms in total. The number of carbonyl (C=O) groups is 2. The van der Waals surface area contributed by atoms with E-state index in [4.69, 9.17) is 11.6 Å². The Hall–Kier alpha value is -2.67. The van der Waals surface area contributed by atoms with Crippen LogP contribution in [0, 0.1) is 35.2 Å². The number of aliphatic hydroxyl groups is 2. The van der Waals surface area contributed by atoms with E-state index < -0.39 is 61.5 Å². The Labute approximate surface area is 246 Å². The molecule has 0 spiro atoms. The van der Waals surface area contributed by atoms with Crippen LogP contribution in [0.2, 0.25) is 5.02 Å². The number of hydrogen-bond acceptors (Lipinski definition) is 6. The Balaban J connectivity index is 1.30. The number of carbonyl (C=O) groups excluding carboxylic acids is 2. The SMILES string of the molecule is CC(C)(O)C1CN(C(=O)CC2(O)C3CC[C@H]2CC(S(=O)(=O)c2cc(C(=O)Nc4cc(F)c(F)c(F)c4)ccc2Cl)C3)C1. The second kappa shape index (κ2) is 10.8. The summed E-state index contributed by atoms with van der Waals surface area (Å²) in [5.74, 6) is -6.70. The van der Waals surface area contributed by atoms with Crippen molar-refractivity contribution in [3.05, 3.63) is 58.4 Å². The summed E-state index contributed by atoms with van der Waals surface area (Å²) in [6.07, 6.45) is 1.22. The Bertz CT molecular complexity index is 1500. The molecule has 228 valence electrons. The molecule has 0 radical (unpaired) electrons. The van der Waals surface area contributed by atoms with E-state index in [2.05, 4.69) is 5.32 Å². The minimum atomic E-state index is -4.09. The van der Waals surface area contributed by atoms with Crippen molar-refractivity contribution in [1.29, 1.82) is 0 Å². The minimum Gasteiger partial charge on any atom is -0.390 e. The fraction of sp³-hybridized carbons (Fsp3) is 0.517. The van der Waals surface area contributed by atoms with Crippen LogP contribution < -0.4 is 5.32 Å². The van der Waals surface area contributed by atoms with Gasteiger partial charge >= 0.3 is 0 Å². The first-order valence-electron chi connectivity index (χ1n) is 13.7. The van der Waals surface area contributed by atoms with Crippen LogP contribution in [0.4, 0.5) is 18.9 Å². The van der Waals surface area contributed by atoms with E-state index in [0.29, 0.717) is 38.1 Å². The summed E-state index contributed by atoms with van der Waals surface area (Å²) >= 11 is 6.27. The molecule has 2 aromatic rings. The van der Waals surface area contributed by atoms with E-state index in [0.717, 1.165) is 6.07 Å². The van der Waals surface area contributed by atoms with Crippen molar-refractivity contribution < 1.29 is 41.4 Å². The van der Waals surface area contributed by atoms with E-state index in [1.807, 2.05) is 0 Å². The average Bonchev–Trinajstić information content (AvgIpc) is 3.01. The molecule has 1 saturated heterocycles. The Morgan fingerprint density at radius 1 is 1.07 bits per heavy atom. The highest BCUT2D eigenvalue weighted by molar-refractivity contribution is 7.92. The zero-order valence-electron chi connectivity index (χ0n) is 23.0. The van der Waals surface area contributed by atoms with Crippen molar-refractivity contribution in [3.8, 4) is 0 Å². The molecular weight excluding hydrogens is 597 g/mol. The first kappa shape index (κ1) is 30.8. The topological polar surface area (TPSA) is 124 Å². The number of amides is 2. The Kier molecular flexibility index (Phi) is 7.91. The predicted molar refractivity (Wildman–Crippen MR) is 148 cm³/mol. The second-order valence-electron chi connectivity index (χ2n) is 12.3. The molecule has 5 rings (SSSR count). The van der Waals surface area contributed by atoms with E-state index in [1.165, 1.54) is 12.1 Å². The predicted octanol–water partition coefficient (Wildman–Crippen LogP) is 4.32. The molecule has 0 aromatic heterocycles. The van der Waals surface area contributed by atoms with Gasteiger partial charge in [-0.3, -0.25) is 9.59 Å². The quantitative estimate of drug-likeness (QED) is 0.393. The van der Waals surface area contributed by atoms with Crippen LogP contribution in [0.25, 0.3) is 0 Å². The van der Waals surface area contributed by atoms with Crippen molar-refractivity contribution in [2.75, 3.05) is 18.4 Å². The summed E-state index contributed by atoms with van der Waals surface area (Å²) in [5.41, 5.74) is -2.76. The van der Waals surface area contributed by atoms with Gasteiger partial charge in [-0.05, 0) is 69.6 Å². The third kappa shape index (κ3) is 5.54. The molecule has 2 aliphatic carbocycles. The van der Waals surface area contributed by atoms with Crippen LogP contribution in [0.5, 0.6) is 0 Å². The molecular formula is C29H32ClF3N2O6S. The van der Waals surface area contributed by atoms with E-state index in [-0.39, 0.29) is 52.3 Å². The van der Waals surface area contributed by atoms with Gasteiger partial charge in [0.1, 0.15) is 0 Å². The van der Waals surface area contributed by atoms with E-state index in [9.17, 15) is 41.4 Å². The lowest BCUT2D eigenvalue weighted by atomic mass is 9.72. The van der Waals surface area contributed by atoms with Crippen LogP contribution in [-0.4, -0.2) is 64.9 Å². The van der Waals surface area contributed by atoms with Gasteiger partial charge in [0.15, 0.2) is 27.3 Å². The molecule has 2 bridgehead atoms. The van der Waals surface area contributed by atoms with Gasteiger partial charge in [-0.1, -0.05) is 11.6 Å². The van der Waals surface area contributed by atoms with Crippen molar-refractivity contribution in [3.63, 3.8) is 0 Å². The molecule has 42 heavy (non-hydrogen) atoms. The number of fused-ring (bicyclic) bond motifs is 2. The van der Waals surface area contributed by atoms with Crippen molar-refractivity contribution in [2.24, 2.45) is 17.8 Å². The number of hydrogen-bond donors (Lipinski definition) is 3. The molecule has 2 aromatic carbocycles. The summed E-state index contributed by atoms with van der Waals surface area (Å²) in [7, 11) is -4.09. The standard InChI is InChI=1S/C29H32ClF3N2O6S/c1-28(2,38)18-13-35(14-18)25(36)12-29(39)16-4-5-17(29)9-20(8-16)42(40,41)24-7-15(3-6-21(24)30)27(37)34-19-10-22(31)26(33)23(32)11-19/h3,6-7,10-11,16-18,20,38-39H,4-5,8-9,12-14H2,1-2H3,(H,34,37)/t16-,17?,20?,29?/m0/s1. The first-order chi connectivity index (χ1) is 19.5.